The van der Waals surface area contributed by atoms with Crippen molar-refractivity contribution in [1.82, 2.24) is 5.32 Å². The van der Waals surface area contributed by atoms with E-state index in [1.165, 1.54) is 0 Å². The van der Waals surface area contributed by atoms with Gasteiger partial charge in [-0.3, -0.25) is 4.79 Å². The van der Waals surface area contributed by atoms with Crippen LogP contribution >= 0.6 is 15.9 Å². The van der Waals surface area contributed by atoms with E-state index in [1.54, 1.807) is 13.0 Å². The molecule has 0 aromatic heterocycles. The Morgan fingerprint density at radius 1 is 1.12 bits per heavy atom. The van der Waals surface area contributed by atoms with E-state index in [2.05, 4.69) is 21.2 Å². The molecule has 134 valence electrons. The second kappa shape index (κ2) is 8.85. The first-order valence-electron chi connectivity index (χ1n) is 8.15. The van der Waals surface area contributed by atoms with Gasteiger partial charge in [0, 0.05) is 6.54 Å². The zero-order valence-electron chi connectivity index (χ0n) is 14.5. The van der Waals surface area contributed by atoms with Crippen molar-refractivity contribution in [2.75, 3.05) is 13.2 Å². The molecule has 2 rings (SSSR count). The summed E-state index contributed by atoms with van der Waals surface area (Å²) in [6, 6.07) is 11.6. The molecule has 0 heterocycles. The van der Waals surface area contributed by atoms with Crippen LogP contribution in [0, 0.1) is 5.92 Å². The number of amides is 1. The van der Waals surface area contributed by atoms with Crippen LogP contribution in [-0.2, 0) is 14.3 Å². The van der Waals surface area contributed by atoms with E-state index in [0.717, 1.165) is 15.2 Å². The predicted octanol–water partition coefficient (Wildman–Crippen LogP) is 3.69. The lowest BCUT2D eigenvalue weighted by Gasteiger charge is -2.15. The molecule has 0 aliphatic heterocycles. The van der Waals surface area contributed by atoms with Crippen molar-refractivity contribution in [1.29, 1.82) is 0 Å². The van der Waals surface area contributed by atoms with E-state index in [1.807, 2.05) is 44.2 Å². The third-order valence-electron chi connectivity index (χ3n) is 3.54. The molecule has 0 saturated carbocycles. The van der Waals surface area contributed by atoms with Crippen LogP contribution in [0.5, 0.6) is 5.75 Å². The molecule has 2 aromatic carbocycles. The highest BCUT2D eigenvalue weighted by atomic mass is 79.9. The Morgan fingerprint density at radius 2 is 1.84 bits per heavy atom. The summed E-state index contributed by atoms with van der Waals surface area (Å²) in [5.74, 6) is -0.0193. The lowest BCUT2D eigenvalue weighted by molar-refractivity contribution is -0.156. The summed E-state index contributed by atoms with van der Waals surface area (Å²) in [7, 11) is 0. The Bertz CT molecular complexity index is 760. The van der Waals surface area contributed by atoms with E-state index >= 15 is 0 Å². The number of carbonyl (C=O) groups excluding carboxylic acids is 2. The van der Waals surface area contributed by atoms with E-state index in [9.17, 15) is 9.59 Å². The molecule has 1 amide bonds. The standard InChI is InChI=1S/C19H22BrNO4/c1-12(2)10-21-19(23)13(3)25-17(22)11-24-16-9-8-14-6-4-5-7-15(14)18(16)20/h4-9,12-13H,10-11H2,1-3H3,(H,21,23)/t13-/m1/s1. The van der Waals surface area contributed by atoms with Gasteiger partial charge in [-0.2, -0.15) is 0 Å². The van der Waals surface area contributed by atoms with Crippen molar-refractivity contribution in [3.63, 3.8) is 0 Å². The number of hydrogen-bond donors (Lipinski definition) is 1. The highest BCUT2D eigenvalue weighted by Gasteiger charge is 2.18. The minimum Gasteiger partial charge on any atom is -0.481 e. The number of hydrogen-bond acceptors (Lipinski definition) is 4. The Kier molecular flexibility index (Phi) is 6.82. The van der Waals surface area contributed by atoms with Crippen molar-refractivity contribution in [3.05, 3.63) is 40.9 Å². The number of halogens is 1. The first kappa shape index (κ1) is 19.2. The van der Waals surface area contributed by atoms with Crippen molar-refractivity contribution >= 4 is 38.6 Å². The Balaban J connectivity index is 1.89. The van der Waals surface area contributed by atoms with Crippen LogP contribution in [0.2, 0.25) is 0 Å². The van der Waals surface area contributed by atoms with Crippen LogP contribution in [0.15, 0.2) is 40.9 Å². The normalized spacial score (nSPS) is 12.0. The average molecular weight is 408 g/mol. The van der Waals surface area contributed by atoms with Gasteiger partial charge < -0.3 is 14.8 Å². The van der Waals surface area contributed by atoms with E-state index < -0.39 is 12.1 Å². The molecule has 0 unspecified atom stereocenters. The van der Waals surface area contributed by atoms with Crippen molar-refractivity contribution in [2.45, 2.75) is 26.9 Å². The van der Waals surface area contributed by atoms with Gasteiger partial charge in [-0.15, -0.1) is 0 Å². The molecule has 0 aliphatic carbocycles. The molecule has 2 aromatic rings. The molecule has 0 bridgehead atoms. The van der Waals surface area contributed by atoms with Crippen LogP contribution in [0.1, 0.15) is 20.8 Å². The predicted molar refractivity (Wildman–Crippen MR) is 101 cm³/mol. The SMILES string of the molecule is CC(C)CNC(=O)[C@@H](C)OC(=O)COc1ccc2ccccc2c1Br. The van der Waals surface area contributed by atoms with Crippen LogP contribution < -0.4 is 10.1 Å². The van der Waals surface area contributed by atoms with Gasteiger partial charge in [-0.1, -0.05) is 44.2 Å². The molecular weight excluding hydrogens is 386 g/mol. The number of esters is 1. The number of rotatable bonds is 7. The Hall–Kier alpha value is -2.08. The molecule has 0 aliphatic rings. The molecule has 0 radical (unpaired) electrons. The summed E-state index contributed by atoms with van der Waals surface area (Å²) in [5, 5.41) is 4.79. The zero-order valence-corrected chi connectivity index (χ0v) is 16.1. The van der Waals surface area contributed by atoms with Gasteiger partial charge in [0.05, 0.1) is 4.47 Å². The first-order chi connectivity index (χ1) is 11.9. The quantitative estimate of drug-likeness (QED) is 0.710. The average Bonchev–Trinajstić information content (AvgIpc) is 2.59. The minimum absolute atomic E-state index is 0.265. The fourth-order valence-electron chi connectivity index (χ4n) is 2.19. The van der Waals surface area contributed by atoms with E-state index in [-0.39, 0.29) is 12.5 Å². The molecule has 6 heteroatoms. The third kappa shape index (κ3) is 5.46. The molecule has 0 saturated heterocycles. The van der Waals surface area contributed by atoms with Gasteiger partial charge in [0.15, 0.2) is 12.7 Å². The largest absolute Gasteiger partial charge is 0.481 e. The summed E-state index contributed by atoms with van der Waals surface area (Å²) in [6.45, 7) is 5.80. The molecule has 0 fully saturated rings. The summed E-state index contributed by atoms with van der Waals surface area (Å²) in [5.41, 5.74) is 0. The van der Waals surface area contributed by atoms with Crippen LogP contribution in [0.3, 0.4) is 0 Å². The lowest BCUT2D eigenvalue weighted by atomic mass is 10.1. The van der Waals surface area contributed by atoms with Gasteiger partial charge in [-0.25, -0.2) is 4.79 Å². The molecule has 5 nitrogen and oxygen atoms in total. The summed E-state index contributed by atoms with van der Waals surface area (Å²) in [6.07, 6.45) is -0.852. The molecule has 1 atom stereocenters. The fraction of sp³-hybridized carbons (Fsp3) is 0.368. The van der Waals surface area contributed by atoms with Crippen LogP contribution in [0.25, 0.3) is 10.8 Å². The lowest BCUT2D eigenvalue weighted by Crippen LogP contribution is -2.38. The topological polar surface area (TPSA) is 64.6 Å². The zero-order chi connectivity index (χ0) is 18.4. The second-order valence-corrected chi connectivity index (χ2v) is 6.95. The third-order valence-corrected chi connectivity index (χ3v) is 4.35. The van der Waals surface area contributed by atoms with Crippen molar-refractivity contribution in [3.8, 4) is 5.75 Å². The molecule has 1 N–H and O–H groups in total. The summed E-state index contributed by atoms with van der Waals surface area (Å²) < 4.78 is 11.4. The number of carbonyl (C=O) groups is 2. The smallest absolute Gasteiger partial charge is 0.344 e. The van der Waals surface area contributed by atoms with Crippen molar-refractivity contribution < 1.29 is 19.1 Å². The van der Waals surface area contributed by atoms with Gasteiger partial charge in [-0.05, 0) is 45.6 Å². The minimum atomic E-state index is -0.852. The van der Waals surface area contributed by atoms with Crippen LogP contribution in [0.4, 0.5) is 0 Å². The second-order valence-electron chi connectivity index (χ2n) is 6.16. The van der Waals surface area contributed by atoms with Crippen molar-refractivity contribution in [2.24, 2.45) is 5.92 Å². The highest BCUT2D eigenvalue weighted by Crippen LogP contribution is 2.32. The highest BCUT2D eigenvalue weighted by molar-refractivity contribution is 9.10. The molecule has 0 spiro atoms. The Labute approximate surface area is 155 Å². The van der Waals surface area contributed by atoms with Gasteiger partial charge in [0.2, 0.25) is 0 Å². The molecular formula is C19H22BrNO4. The number of benzene rings is 2. The number of ether oxygens (including phenoxy) is 2. The number of nitrogens with one attached hydrogen (secondary N) is 1. The van der Waals surface area contributed by atoms with Gasteiger partial charge >= 0.3 is 5.97 Å². The van der Waals surface area contributed by atoms with Gasteiger partial charge in [0.25, 0.3) is 5.91 Å². The maximum absolute atomic E-state index is 11.9. The maximum atomic E-state index is 11.9. The summed E-state index contributed by atoms with van der Waals surface area (Å²) in [4.78, 5) is 23.7. The van der Waals surface area contributed by atoms with Gasteiger partial charge in [0.1, 0.15) is 5.75 Å². The van der Waals surface area contributed by atoms with E-state index in [4.69, 9.17) is 9.47 Å². The maximum Gasteiger partial charge on any atom is 0.344 e. The number of fused-ring (bicyclic) bond motifs is 1. The fourth-order valence-corrected chi connectivity index (χ4v) is 2.80. The summed E-state index contributed by atoms with van der Waals surface area (Å²) >= 11 is 3.50. The Morgan fingerprint density at radius 3 is 2.56 bits per heavy atom. The van der Waals surface area contributed by atoms with E-state index in [0.29, 0.717) is 18.2 Å². The molecule has 25 heavy (non-hydrogen) atoms. The van der Waals surface area contributed by atoms with Crippen LogP contribution in [-0.4, -0.2) is 31.1 Å². The first-order valence-corrected chi connectivity index (χ1v) is 8.95. The monoisotopic (exact) mass is 407 g/mol.